The Morgan fingerprint density at radius 3 is 2.22 bits per heavy atom. The second-order valence-corrected chi connectivity index (χ2v) is 4.25. The van der Waals surface area contributed by atoms with Gasteiger partial charge in [0, 0.05) is 0 Å². The molecule has 18 heavy (non-hydrogen) atoms. The van der Waals surface area contributed by atoms with Crippen LogP contribution < -0.4 is 0 Å². The molecule has 0 unspecified atom stereocenters. The third-order valence-electron chi connectivity index (χ3n) is 2.85. The van der Waals surface area contributed by atoms with Crippen LogP contribution in [0.15, 0.2) is 54.1 Å². The average Bonchev–Trinajstić information content (AvgIpc) is 2.53. The van der Waals surface area contributed by atoms with Crippen LogP contribution in [-0.2, 0) is 6.18 Å². The number of allylic oxidation sites excluding steroid dienone is 6. The fraction of sp³-hybridized carbons (Fsp3) is 0.200. The van der Waals surface area contributed by atoms with Gasteiger partial charge in [-0.2, -0.15) is 13.2 Å². The summed E-state index contributed by atoms with van der Waals surface area (Å²) in [5.41, 5.74) is 2.31. The summed E-state index contributed by atoms with van der Waals surface area (Å²) < 4.78 is 37.3. The van der Waals surface area contributed by atoms with Crippen molar-refractivity contribution in [2.45, 2.75) is 19.5 Å². The highest BCUT2D eigenvalue weighted by Crippen LogP contribution is 2.30. The van der Waals surface area contributed by atoms with Gasteiger partial charge in [0.1, 0.15) is 0 Å². The van der Waals surface area contributed by atoms with E-state index < -0.39 is 11.7 Å². The normalized spacial score (nSPS) is 16.0. The van der Waals surface area contributed by atoms with E-state index in [-0.39, 0.29) is 0 Å². The molecule has 1 aromatic carbocycles. The SMILES string of the molecule is CC1=CCC=C(c2ccc(C(F)(F)F)cc2)C=C1. The summed E-state index contributed by atoms with van der Waals surface area (Å²) >= 11 is 0. The second-order valence-electron chi connectivity index (χ2n) is 4.25. The Hall–Kier alpha value is -1.77. The van der Waals surface area contributed by atoms with Gasteiger partial charge in [-0.05, 0) is 36.6 Å². The third-order valence-corrected chi connectivity index (χ3v) is 2.85. The molecule has 3 heteroatoms. The van der Waals surface area contributed by atoms with Crippen molar-refractivity contribution in [1.29, 1.82) is 0 Å². The van der Waals surface area contributed by atoms with Crippen LogP contribution in [0.1, 0.15) is 24.5 Å². The maximum absolute atomic E-state index is 12.4. The fourth-order valence-electron chi connectivity index (χ4n) is 1.79. The number of rotatable bonds is 1. The van der Waals surface area contributed by atoms with Crippen molar-refractivity contribution < 1.29 is 13.2 Å². The zero-order valence-corrected chi connectivity index (χ0v) is 9.96. The summed E-state index contributed by atoms with van der Waals surface area (Å²) in [6.45, 7) is 2.00. The first-order valence-corrected chi connectivity index (χ1v) is 5.69. The Bertz CT molecular complexity index is 514. The van der Waals surface area contributed by atoms with Crippen LogP contribution in [0.25, 0.3) is 5.57 Å². The molecule has 0 spiro atoms. The smallest absolute Gasteiger partial charge is 0.166 e. The molecular weight excluding hydrogens is 237 g/mol. The van der Waals surface area contributed by atoms with E-state index in [2.05, 4.69) is 6.08 Å². The van der Waals surface area contributed by atoms with Crippen molar-refractivity contribution in [2.24, 2.45) is 0 Å². The van der Waals surface area contributed by atoms with E-state index in [1.807, 2.05) is 25.2 Å². The van der Waals surface area contributed by atoms with Crippen LogP contribution in [0, 0.1) is 0 Å². The number of benzene rings is 1. The van der Waals surface area contributed by atoms with Crippen LogP contribution in [-0.4, -0.2) is 0 Å². The molecule has 0 fully saturated rings. The summed E-state index contributed by atoms with van der Waals surface area (Å²) in [6, 6.07) is 5.27. The summed E-state index contributed by atoms with van der Waals surface area (Å²) in [7, 11) is 0. The van der Waals surface area contributed by atoms with Gasteiger partial charge in [0.2, 0.25) is 0 Å². The molecule has 94 valence electrons. The van der Waals surface area contributed by atoms with Crippen molar-refractivity contribution in [2.75, 3.05) is 0 Å². The van der Waals surface area contributed by atoms with Gasteiger partial charge in [0.15, 0.2) is 0 Å². The highest BCUT2D eigenvalue weighted by molar-refractivity contribution is 5.75. The van der Waals surface area contributed by atoms with Crippen molar-refractivity contribution >= 4 is 5.57 Å². The van der Waals surface area contributed by atoms with E-state index in [1.165, 1.54) is 12.1 Å². The highest BCUT2D eigenvalue weighted by Gasteiger charge is 2.29. The number of hydrogen-bond acceptors (Lipinski definition) is 0. The molecule has 0 nitrogen and oxygen atoms in total. The Morgan fingerprint density at radius 1 is 0.944 bits per heavy atom. The number of halogens is 3. The second kappa shape index (κ2) is 4.84. The third kappa shape index (κ3) is 2.92. The molecule has 0 aromatic heterocycles. The molecule has 0 amide bonds. The summed E-state index contributed by atoms with van der Waals surface area (Å²) in [5.74, 6) is 0. The van der Waals surface area contributed by atoms with E-state index in [0.29, 0.717) is 0 Å². The van der Waals surface area contributed by atoms with E-state index >= 15 is 0 Å². The first kappa shape index (κ1) is 12.7. The van der Waals surface area contributed by atoms with Gasteiger partial charge >= 0.3 is 6.18 Å². The molecule has 0 N–H and O–H groups in total. The molecule has 1 aliphatic carbocycles. The molecule has 1 aromatic rings. The fourth-order valence-corrected chi connectivity index (χ4v) is 1.79. The van der Waals surface area contributed by atoms with Crippen molar-refractivity contribution in [3.63, 3.8) is 0 Å². The highest BCUT2D eigenvalue weighted by atomic mass is 19.4. The van der Waals surface area contributed by atoms with Gasteiger partial charge in [0.25, 0.3) is 0 Å². The van der Waals surface area contributed by atoms with E-state index in [9.17, 15) is 13.2 Å². The van der Waals surface area contributed by atoms with Gasteiger partial charge in [-0.3, -0.25) is 0 Å². The van der Waals surface area contributed by atoms with Crippen LogP contribution in [0.2, 0.25) is 0 Å². The molecule has 1 aliphatic rings. The lowest BCUT2D eigenvalue weighted by Crippen LogP contribution is -2.04. The Kier molecular flexibility index (Phi) is 3.41. The molecule has 0 radical (unpaired) electrons. The predicted molar refractivity (Wildman–Crippen MR) is 66.9 cm³/mol. The topological polar surface area (TPSA) is 0 Å². The molecule has 0 bridgehead atoms. The predicted octanol–water partition coefficient (Wildman–Crippen LogP) is 5.00. The lowest BCUT2D eigenvalue weighted by Gasteiger charge is -2.08. The van der Waals surface area contributed by atoms with Crippen LogP contribution in [0.3, 0.4) is 0 Å². The monoisotopic (exact) mass is 250 g/mol. The molecule has 0 aliphatic heterocycles. The molecule has 0 atom stereocenters. The van der Waals surface area contributed by atoms with Gasteiger partial charge in [-0.25, -0.2) is 0 Å². The van der Waals surface area contributed by atoms with Crippen molar-refractivity contribution in [3.8, 4) is 0 Å². The number of alkyl halides is 3. The first-order chi connectivity index (χ1) is 8.47. The molecule has 0 saturated heterocycles. The maximum atomic E-state index is 12.4. The zero-order valence-electron chi connectivity index (χ0n) is 9.96. The van der Waals surface area contributed by atoms with Crippen LogP contribution in [0.4, 0.5) is 13.2 Å². The van der Waals surface area contributed by atoms with Gasteiger partial charge in [-0.1, -0.05) is 42.0 Å². The lowest BCUT2D eigenvalue weighted by atomic mass is 10.0. The minimum atomic E-state index is -4.27. The summed E-state index contributed by atoms with van der Waals surface area (Å²) in [5, 5.41) is 0. The molecule has 0 heterocycles. The molecule has 2 rings (SSSR count). The molecular formula is C15H13F3. The largest absolute Gasteiger partial charge is 0.416 e. The van der Waals surface area contributed by atoms with Crippen LogP contribution in [0.5, 0.6) is 0 Å². The Balaban J connectivity index is 2.26. The van der Waals surface area contributed by atoms with Gasteiger partial charge in [-0.15, -0.1) is 0 Å². The van der Waals surface area contributed by atoms with E-state index in [0.717, 1.165) is 35.3 Å². The average molecular weight is 250 g/mol. The van der Waals surface area contributed by atoms with Gasteiger partial charge in [0.05, 0.1) is 5.56 Å². The minimum Gasteiger partial charge on any atom is -0.166 e. The van der Waals surface area contributed by atoms with Crippen LogP contribution >= 0.6 is 0 Å². The maximum Gasteiger partial charge on any atom is 0.416 e. The quantitative estimate of drug-likeness (QED) is 0.658. The Morgan fingerprint density at radius 2 is 1.61 bits per heavy atom. The zero-order chi connectivity index (χ0) is 13.2. The number of hydrogen-bond donors (Lipinski definition) is 0. The van der Waals surface area contributed by atoms with Gasteiger partial charge < -0.3 is 0 Å². The first-order valence-electron chi connectivity index (χ1n) is 5.69. The summed E-state index contributed by atoms with van der Waals surface area (Å²) in [6.07, 6.45) is 4.51. The van der Waals surface area contributed by atoms with E-state index in [4.69, 9.17) is 0 Å². The Labute approximate surface area is 104 Å². The van der Waals surface area contributed by atoms with E-state index in [1.54, 1.807) is 0 Å². The molecule has 0 saturated carbocycles. The standard InChI is InChI=1S/C15H13F3/c1-11-3-2-4-12(6-5-11)13-7-9-14(10-8-13)15(16,17)18/h3-10H,2H2,1H3. The van der Waals surface area contributed by atoms with Crippen molar-refractivity contribution in [1.82, 2.24) is 0 Å². The minimum absolute atomic E-state index is 0.612. The van der Waals surface area contributed by atoms with Crippen molar-refractivity contribution in [3.05, 3.63) is 65.3 Å². The lowest BCUT2D eigenvalue weighted by molar-refractivity contribution is -0.137. The summed E-state index contributed by atoms with van der Waals surface area (Å²) in [4.78, 5) is 0.